The highest BCUT2D eigenvalue weighted by Gasteiger charge is 1.88. The minimum absolute atomic E-state index is 0.125. The van der Waals surface area contributed by atoms with Gasteiger partial charge in [0.1, 0.15) is 0 Å². The van der Waals surface area contributed by atoms with Gasteiger partial charge in [-0.2, -0.15) is 0 Å². The molecule has 0 aromatic rings. The molecule has 0 bridgehead atoms. The van der Waals surface area contributed by atoms with E-state index in [1.807, 2.05) is 0 Å². The normalized spacial score (nSPS) is 6.69. The number of hydrogen-bond donors (Lipinski definition) is 2. The van der Waals surface area contributed by atoms with Crippen molar-refractivity contribution in [3.05, 3.63) is 65.8 Å². The summed E-state index contributed by atoms with van der Waals surface area (Å²) in [7, 11) is 6.55. The van der Waals surface area contributed by atoms with Gasteiger partial charge >= 0.3 is 0 Å². The van der Waals surface area contributed by atoms with E-state index >= 15 is 0 Å². The van der Waals surface area contributed by atoms with Gasteiger partial charge in [-0.15, -0.1) is 65.8 Å². The van der Waals surface area contributed by atoms with Gasteiger partial charge in [-0.3, -0.25) is 0 Å². The number of aliphatic hydroxyl groups is 2. The van der Waals surface area contributed by atoms with Crippen LogP contribution in [0.4, 0.5) is 0 Å². The second-order valence-corrected chi connectivity index (χ2v) is 3.07. The molecule has 0 spiro atoms. The van der Waals surface area contributed by atoms with E-state index < -0.39 is 0 Å². The molecule has 0 aromatic carbocycles. The first-order valence-corrected chi connectivity index (χ1v) is 8.50. The maximum absolute atomic E-state index is 7.62. The Bertz CT molecular complexity index is 150. The smallest absolute Gasteiger partial charge is 0.0701 e. The van der Waals surface area contributed by atoms with Gasteiger partial charge < -0.3 is 33.9 Å². The van der Waals surface area contributed by atoms with Crippen LogP contribution in [0.15, 0.2) is 65.8 Å². The summed E-state index contributed by atoms with van der Waals surface area (Å²) in [6, 6.07) is 0. The first-order valence-electron chi connectivity index (χ1n) is 8.50. The van der Waals surface area contributed by atoms with Crippen LogP contribution in [0.1, 0.15) is 0 Å². The molecule has 0 heterocycles. The topological polar surface area (TPSA) is 86.6 Å². The second-order valence-electron chi connectivity index (χ2n) is 3.07. The lowest BCUT2D eigenvalue weighted by Gasteiger charge is -2.04. The van der Waals surface area contributed by atoms with Crippen LogP contribution < -0.4 is 0 Å². The fourth-order valence-corrected chi connectivity index (χ4v) is 0.606. The van der Waals surface area contributed by atoms with Gasteiger partial charge in [0.05, 0.1) is 52.9 Å². The number of rotatable bonds is 10. The molecule has 0 aromatic heterocycles. The molecule has 0 unspecified atom stereocenters. The van der Waals surface area contributed by atoms with Gasteiger partial charge in [0.15, 0.2) is 0 Å². The maximum atomic E-state index is 7.62. The molecule has 0 fully saturated rings. The molecule has 7 heteroatoms. The van der Waals surface area contributed by atoms with Crippen LogP contribution in [-0.2, 0) is 23.7 Å². The lowest BCUT2D eigenvalue weighted by molar-refractivity contribution is 0.0106. The maximum Gasteiger partial charge on any atom is 0.0701 e. The van der Waals surface area contributed by atoms with E-state index in [0.717, 1.165) is 0 Å². The third-order valence-corrected chi connectivity index (χ3v) is 1.34. The van der Waals surface area contributed by atoms with Crippen molar-refractivity contribution in [2.45, 2.75) is 0 Å². The van der Waals surface area contributed by atoms with Crippen molar-refractivity contribution in [2.75, 3.05) is 81.3 Å². The van der Waals surface area contributed by atoms with Crippen molar-refractivity contribution in [1.29, 1.82) is 0 Å². The van der Waals surface area contributed by atoms with Crippen molar-refractivity contribution < 1.29 is 33.9 Å². The monoisotopic (exact) mass is 426 g/mol. The van der Waals surface area contributed by atoms with E-state index in [0.29, 0.717) is 39.6 Å². The van der Waals surface area contributed by atoms with Crippen LogP contribution in [0, 0.1) is 0 Å². The van der Waals surface area contributed by atoms with E-state index in [1.54, 1.807) is 28.4 Å². The number of methoxy groups -OCH3 is 3. The van der Waals surface area contributed by atoms with E-state index in [-0.39, 0.29) is 13.2 Å². The third kappa shape index (κ3) is 222. The molecule has 0 amide bonds. The van der Waals surface area contributed by atoms with Gasteiger partial charge in [-0.1, -0.05) is 0 Å². The quantitative estimate of drug-likeness (QED) is 0.408. The molecule has 2 N–H and O–H groups in total. The Morgan fingerprint density at radius 2 is 0.621 bits per heavy atom. The van der Waals surface area contributed by atoms with Crippen LogP contribution >= 0.6 is 0 Å². The lowest BCUT2D eigenvalue weighted by Crippen LogP contribution is -2.10. The Kier molecular flexibility index (Phi) is 229. The highest BCUT2D eigenvalue weighted by molar-refractivity contribution is 4.32. The highest BCUT2D eigenvalue weighted by Crippen LogP contribution is 1.79. The standard InChI is InChI=1S/C8H18O4.C2H6O2.C2H6O.5C2H4/c1-9-3-5-11-7-8-12-6-4-10-2;3-1-2-4;1-3-2;5*1-2/h3-8H2,1-2H3;3-4H,1-2H2;1-2H3;5*1-2H2. The van der Waals surface area contributed by atoms with Gasteiger partial charge in [0, 0.05) is 28.4 Å². The van der Waals surface area contributed by atoms with Crippen molar-refractivity contribution in [2.24, 2.45) is 0 Å². The molecule has 0 rings (SSSR count). The number of aliphatic hydroxyl groups excluding tert-OH is 2. The molecule has 0 atom stereocenters. The first-order chi connectivity index (χ1) is 14.2. The first kappa shape index (κ1) is 50.7. The van der Waals surface area contributed by atoms with Crippen LogP contribution in [0.5, 0.6) is 0 Å². The Balaban J connectivity index is -0.0000000360. The van der Waals surface area contributed by atoms with E-state index in [9.17, 15) is 0 Å². The zero-order valence-corrected chi connectivity index (χ0v) is 19.7. The third-order valence-electron chi connectivity index (χ3n) is 1.34. The Hall–Kier alpha value is -1.58. The van der Waals surface area contributed by atoms with Crippen LogP contribution in [-0.4, -0.2) is 91.5 Å². The zero-order valence-electron chi connectivity index (χ0n) is 19.7. The summed E-state index contributed by atoms with van der Waals surface area (Å²) < 4.78 is 24.2. The van der Waals surface area contributed by atoms with Crippen molar-refractivity contribution >= 4 is 0 Å². The molecule has 7 nitrogen and oxygen atoms in total. The lowest BCUT2D eigenvalue weighted by atomic mass is 10.7. The molecule has 0 radical (unpaired) electrons. The summed E-state index contributed by atoms with van der Waals surface area (Å²) in [5.74, 6) is 0. The summed E-state index contributed by atoms with van der Waals surface area (Å²) in [6.07, 6.45) is 0. The van der Waals surface area contributed by atoms with E-state index in [2.05, 4.69) is 70.5 Å². The molecular weight excluding hydrogens is 376 g/mol. The summed E-state index contributed by atoms with van der Waals surface area (Å²) >= 11 is 0. The van der Waals surface area contributed by atoms with Gasteiger partial charge in [-0.05, 0) is 0 Å². The Labute approximate surface area is 181 Å². The predicted octanol–water partition coefficient (Wildman–Crippen LogP) is 3.56. The minimum Gasteiger partial charge on any atom is -0.394 e. The average molecular weight is 427 g/mol. The zero-order chi connectivity index (χ0) is 25.2. The summed E-state index contributed by atoms with van der Waals surface area (Å²) in [5, 5.41) is 15.2. The fourth-order valence-electron chi connectivity index (χ4n) is 0.606. The molecule has 0 aliphatic rings. The second kappa shape index (κ2) is 131. The van der Waals surface area contributed by atoms with Gasteiger partial charge in [0.2, 0.25) is 0 Å². The van der Waals surface area contributed by atoms with Crippen LogP contribution in [0.3, 0.4) is 0 Å². The Morgan fingerprint density at radius 3 is 0.759 bits per heavy atom. The molecular formula is C22H50O7. The van der Waals surface area contributed by atoms with Gasteiger partial charge in [0.25, 0.3) is 0 Å². The minimum atomic E-state index is -0.125. The molecule has 0 saturated heterocycles. The molecule has 0 aliphatic heterocycles. The number of hydrogen-bond acceptors (Lipinski definition) is 7. The van der Waals surface area contributed by atoms with Crippen LogP contribution in [0.25, 0.3) is 0 Å². The SMILES string of the molecule is C=C.C=C.C=C.C=C.C=C.COC.COCCOCCOCCOC.OCCO. The summed E-state index contributed by atoms with van der Waals surface area (Å²) in [6.45, 7) is 33.5. The summed E-state index contributed by atoms with van der Waals surface area (Å²) in [5.41, 5.74) is 0. The fraction of sp³-hybridized carbons (Fsp3) is 0.545. The van der Waals surface area contributed by atoms with E-state index in [1.165, 1.54) is 0 Å². The predicted molar refractivity (Wildman–Crippen MR) is 129 cm³/mol. The van der Waals surface area contributed by atoms with Gasteiger partial charge in [-0.25, -0.2) is 0 Å². The highest BCUT2D eigenvalue weighted by atomic mass is 16.5. The van der Waals surface area contributed by atoms with E-state index in [4.69, 9.17) is 29.2 Å². The van der Waals surface area contributed by atoms with Crippen molar-refractivity contribution in [3.63, 3.8) is 0 Å². The van der Waals surface area contributed by atoms with Crippen molar-refractivity contribution in [3.8, 4) is 0 Å². The van der Waals surface area contributed by atoms with Crippen molar-refractivity contribution in [1.82, 2.24) is 0 Å². The van der Waals surface area contributed by atoms with Crippen LogP contribution in [0.2, 0.25) is 0 Å². The largest absolute Gasteiger partial charge is 0.394 e. The Morgan fingerprint density at radius 1 is 0.448 bits per heavy atom. The molecule has 29 heavy (non-hydrogen) atoms. The molecule has 0 aliphatic carbocycles. The molecule has 0 saturated carbocycles. The number of ether oxygens (including phenoxy) is 5. The summed E-state index contributed by atoms with van der Waals surface area (Å²) in [4.78, 5) is 0. The molecule has 180 valence electrons. The average Bonchev–Trinajstić information content (AvgIpc) is 2.83.